The van der Waals surface area contributed by atoms with E-state index >= 15 is 0 Å². The molecule has 7 heteroatoms. The number of nitrogens with two attached hydrogens (primary N) is 1. The predicted octanol–water partition coefficient (Wildman–Crippen LogP) is 0.775. The van der Waals surface area contributed by atoms with Gasteiger partial charge in [-0.15, -0.1) is 0 Å². The van der Waals surface area contributed by atoms with Gasteiger partial charge in [0.1, 0.15) is 0 Å². The molecule has 0 radical (unpaired) electrons. The zero-order valence-corrected chi connectivity index (χ0v) is 11.9. The van der Waals surface area contributed by atoms with Crippen molar-refractivity contribution in [1.82, 2.24) is 15.2 Å². The van der Waals surface area contributed by atoms with E-state index in [1.54, 1.807) is 6.20 Å². The summed E-state index contributed by atoms with van der Waals surface area (Å²) >= 11 is 1.50. The molecule has 1 heterocycles. The fourth-order valence-corrected chi connectivity index (χ4v) is 2.28. The Hall–Kier alpha value is -1.18. The summed E-state index contributed by atoms with van der Waals surface area (Å²) in [6.07, 6.45) is 1.78. The van der Waals surface area contributed by atoms with Crippen molar-refractivity contribution in [3.8, 4) is 0 Å². The normalized spacial score (nSPS) is 11.0. The first-order chi connectivity index (χ1) is 8.55. The monoisotopic (exact) mass is 271 g/mol. The number of anilines is 1. The molecule has 0 saturated heterocycles. The van der Waals surface area contributed by atoms with E-state index in [9.17, 15) is 4.79 Å². The van der Waals surface area contributed by atoms with Crippen molar-refractivity contribution in [2.75, 3.05) is 18.5 Å². The standard InChI is InChI=1S/C11H21N5OS/c1-4-16(7-10(17)14-8(2)3)6-9-5-13-11(15-12)18-9/h5,8H,4,6-7,12H2,1-3H3,(H,13,15)(H,14,17). The maximum absolute atomic E-state index is 11.7. The van der Waals surface area contributed by atoms with Gasteiger partial charge in [0.25, 0.3) is 0 Å². The van der Waals surface area contributed by atoms with Gasteiger partial charge in [-0.1, -0.05) is 18.3 Å². The van der Waals surface area contributed by atoms with Crippen LogP contribution in [0.5, 0.6) is 0 Å². The molecule has 0 saturated carbocycles. The molecule has 0 fully saturated rings. The largest absolute Gasteiger partial charge is 0.353 e. The van der Waals surface area contributed by atoms with Gasteiger partial charge in [-0.3, -0.25) is 15.1 Å². The van der Waals surface area contributed by atoms with Crippen LogP contribution < -0.4 is 16.6 Å². The molecule has 1 aromatic rings. The van der Waals surface area contributed by atoms with Gasteiger partial charge >= 0.3 is 0 Å². The second kappa shape index (κ2) is 7.30. The van der Waals surface area contributed by atoms with E-state index in [-0.39, 0.29) is 11.9 Å². The van der Waals surface area contributed by atoms with E-state index in [1.807, 2.05) is 20.8 Å². The summed E-state index contributed by atoms with van der Waals surface area (Å²) in [5.74, 6) is 5.33. The molecule has 1 amide bonds. The van der Waals surface area contributed by atoms with Crippen molar-refractivity contribution >= 4 is 22.4 Å². The minimum Gasteiger partial charge on any atom is -0.353 e. The number of nitrogen functional groups attached to an aromatic ring is 1. The molecule has 0 bridgehead atoms. The number of aromatic nitrogens is 1. The molecular formula is C11H21N5OS. The highest BCUT2D eigenvalue weighted by molar-refractivity contribution is 7.15. The smallest absolute Gasteiger partial charge is 0.234 e. The van der Waals surface area contributed by atoms with Crippen LogP contribution >= 0.6 is 11.3 Å². The highest BCUT2D eigenvalue weighted by atomic mass is 32.1. The fourth-order valence-electron chi connectivity index (χ4n) is 1.52. The van der Waals surface area contributed by atoms with Crippen molar-refractivity contribution in [2.45, 2.75) is 33.4 Å². The molecule has 0 aliphatic heterocycles. The summed E-state index contributed by atoms with van der Waals surface area (Å²) in [5.41, 5.74) is 2.52. The van der Waals surface area contributed by atoms with Crippen LogP contribution in [0.4, 0.5) is 5.13 Å². The number of rotatable bonds is 7. The van der Waals surface area contributed by atoms with Crippen molar-refractivity contribution in [1.29, 1.82) is 0 Å². The minimum absolute atomic E-state index is 0.0496. The Bertz CT molecular complexity index is 379. The lowest BCUT2D eigenvalue weighted by atomic mass is 10.3. The van der Waals surface area contributed by atoms with Crippen molar-refractivity contribution in [3.05, 3.63) is 11.1 Å². The van der Waals surface area contributed by atoms with Crippen LogP contribution in [0.2, 0.25) is 0 Å². The average molecular weight is 271 g/mol. The minimum atomic E-state index is 0.0496. The van der Waals surface area contributed by atoms with Gasteiger partial charge in [0.2, 0.25) is 5.91 Å². The lowest BCUT2D eigenvalue weighted by Crippen LogP contribution is -2.39. The lowest BCUT2D eigenvalue weighted by Gasteiger charge is -2.19. The molecule has 1 aromatic heterocycles. The van der Waals surface area contributed by atoms with Gasteiger partial charge in [0, 0.05) is 23.7 Å². The number of nitrogens with zero attached hydrogens (tertiary/aromatic N) is 2. The number of hydrogen-bond acceptors (Lipinski definition) is 6. The van der Waals surface area contributed by atoms with Crippen LogP contribution in [0.15, 0.2) is 6.20 Å². The number of amides is 1. The SMILES string of the molecule is CCN(CC(=O)NC(C)C)Cc1cnc(NN)s1. The number of hydrogen-bond donors (Lipinski definition) is 3. The molecule has 0 aromatic carbocycles. The lowest BCUT2D eigenvalue weighted by molar-refractivity contribution is -0.122. The number of hydrazine groups is 1. The molecule has 102 valence electrons. The summed E-state index contributed by atoms with van der Waals surface area (Å²) < 4.78 is 0. The summed E-state index contributed by atoms with van der Waals surface area (Å²) in [4.78, 5) is 18.9. The van der Waals surface area contributed by atoms with Gasteiger partial charge < -0.3 is 5.32 Å². The quantitative estimate of drug-likeness (QED) is 0.504. The number of nitrogens with one attached hydrogen (secondary N) is 2. The molecule has 0 aliphatic rings. The first-order valence-electron chi connectivity index (χ1n) is 5.98. The number of thiazole rings is 1. The van der Waals surface area contributed by atoms with Crippen LogP contribution in [0.3, 0.4) is 0 Å². The van der Waals surface area contributed by atoms with Crippen LogP contribution in [0.1, 0.15) is 25.6 Å². The maximum atomic E-state index is 11.7. The van der Waals surface area contributed by atoms with Crippen LogP contribution in [0.25, 0.3) is 0 Å². The molecule has 6 nitrogen and oxygen atoms in total. The van der Waals surface area contributed by atoms with E-state index in [4.69, 9.17) is 5.84 Å². The summed E-state index contributed by atoms with van der Waals surface area (Å²) in [6.45, 7) is 7.87. The van der Waals surface area contributed by atoms with Gasteiger partial charge in [-0.05, 0) is 20.4 Å². The molecule has 0 unspecified atom stereocenters. The van der Waals surface area contributed by atoms with Crippen LogP contribution in [0, 0.1) is 0 Å². The Balaban J connectivity index is 2.48. The predicted molar refractivity (Wildman–Crippen MR) is 74.2 cm³/mol. The van der Waals surface area contributed by atoms with E-state index in [0.29, 0.717) is 18.2 Å². The molecular weight excluding hydrogens is 250 g/mol. The molecule has 0 spiro atoms. The Kier molecular flexibility index (Phi) is 6.03. The zero-order chi connectivity index (χ0) is 13.5. The van der Waals surface area contributed by atoms with Gasteiger partial charge in [-0.25, -0.2) is 10.8 Å². The highest BCUT2D eigenvalue weighted by Gasteiger charge is 2.12. The summed E-state index contributed by atoms with van der Waals surface area (Å²) in [5, 5.41) is 3.57. The van der Waals surface area contributed by atoms with Crippen LogP contribution in [-0.4, -0.2) is 34.9 Å². The van der Waals surface area contributed by atoms with Gasteiger partial charge in [-0.2, -0.15) is 0 Å². The average Bonchev–Trinajstić information content (AvgIpc) is 2.74. The second-order valence-electron chi connectivity index (χ2n) is 4.30. The van der Waals surface area contributed by atoms with Gasteiger partial charge in [0.15, 0.2) is 5.13 Å². The fraction of sp³-hybridized carbons (Fsp3) is 0.636. The van der Waals surface area contributed by atoms with Crippen LogP contribution in [-0.2, 0) is 11.3 Å². The van der Waals surface area contributed by atoms with Crippen molar-refractivity contribution in [3.63, 3.8) is 0 Å². The molecule has 18 heavy (non-hydrogen) atoms. The number of carbonyl (C=O) groups is 1. The summed E-state index contributed by atoms with van der Waals surface area (Å²) in [7, 11) is 0. The molecule has 4 N–H and O–H groups in total. The Morgan fingerprint density at radius 3 is 2.83 bits per heavy atom. The molecule has 1 rings (SSSR count). The maximum Gasteiger partial charge on any atom is 0.234 e. The van der Waals surface area contributed by atoms with E-state index in [1.165, 1.54) is 11.3 Å². The third-order valence-electron chi connectivity index (χ3n) is 2.32. The molecule has 0 atom stereocenters. The van der Waals surface area contributed by atoms with Crippen molar-refractivity contribution in [2.24, 2.45) is 5.84 Å². The Labute approximate surface area is 112 Å². The molecule has 0 aliphatic carbocycles. The number of likely N-dealkylation sites (N-methyl/N-ethyl adjacent to an activating group) is 1. The first-order valence-corrected chi connectivity index (χ1v) is 6.79. The third kappa shape index (κ3) is 4.99. The third-order valence-corrected chi connectivity index (χ3v) is 3.23. The second-order valence-corrected chi connectivity index (χ2v) is 5.42. The topological polar surface area (TPSA) is 83.3 Å². The first kappa shape index (κ1) is 14.9. The summed E-state index contributed by atoms with van der Waals surface area (Å²) in [6, 6.07) is 0.174. The Morgan fingerprint density at radius 2 is 2.33 bits per heavy atom. The number of carbonyl (C=O) groups excluding carboxylic acids is 1. The van der Waals surface area contributed by atoms with Gasteiger partial charge in [0.05, 0.1) is 6.54 Å². The van der Waals surface area contributed by atoms with E-state index < -0.39 is 0 Å². The Morgan fingerprint density at radius 1 is 1.61 bits per heavy atom. The van der Waals surface area contributed by atoms with E-state index in [2.05, 4.69) is 20.6 Å². The van der Waals surface area contributed by atoms with Crippen molar-refractivity contribution < 1.29 is 4.79 Å². The van der Waals surface area contributed by atoms with E-state index in [0.717, 1.165) is 11.4 Å². The zero-order valence-electron chi connectivity index (χ0n) is 11.1. The highest BCUT2D eigenvalue weighted by Crippen LogP contribution is 2.18.